The van der Waals surface area contributed by atoms with Crippen molar-refractivity contribution in [3.63, 3.8) is 0 Å². The van der Waals surface area contributed by atoms with Crippen molar-refractivity contribution in [1.29, 1.82) is 0 Å². The second-order valence-corrected chi connectivity index (χ2v) is 13.8. The number of nitrogens with one attached hydrogen (secondary N) is 1. The summed E-state index contributed by atoms with van der Waals surface area (Å²) in [7, 11) is 0. The summed E-state index contributed by atoms with van der Waals surface area (Å²) in [6.07, 6.45) is -3.79. The van der Waals surface area contributed by atoms with Gasteiger partial charge >= 0.3 is 42.5 Å². The Morgan fingerprint density at radius 3 is 1.61 bits per heavy atom. The Hall–Kier alpha value is -6.81. The Kier molecular flexibility index (Phi) is 17.9. The number of halogens is 9. The second kappa shape index (κ2) is 21.6. The SMILES string of the molecule is CC(C)(C)OC(=O)N1CC=C(c2ccc3ccnc(N)c3c2)CC1.Nc1nccc2ccc(C3C=CNCC3)cc12.O=C(O)C(F)(F)F.O=C(O)C(F)(F)F.O=C(O)C(F)(F)F. The maximum atomic E-state index is 12.1. The second-order valence-electron chi connectivity index (χ2n) is 13.8. The third-order valence-corrected chi connectivity index (χ3v) is 8.05. The maximum Gasteiger partial charge on any atom is 0.490 e. The van der Waals surface area contributed by atoms with E-state index in [9.17, 15) is 44.3 Å². The molecule has 4 aromatic rings. The summed E-state index contributed by atoms with van der Waals surface area (Å²) in [6, 6.07) is 16.6. The molecule has 6 rings (SSSR count). The number of anilines is 2. The van der Waals surface area contributed by atoms with Gasteiger partial charge in [-0.05, 0) is 91.6 Å². The van der Waals surface area contributed by atoms with Crippen LogP contribution in [-0.4, -0.2) is 98.0 Å². The first-order chi connectivity index (χ1) is 28.5. The standard InChI is InChI=1S/C19H23N3O2.C14H15N3.3C2HF3O2/c1-19(2,3)24-18(23)22-10-7-13(8-11-22)15-5-4-14-6-9-21-17(20)16(14)12-15;15-14-13-9-12(10-3-6-16-7-4-10)2-1-11(13)5-8-17-14;3*3-2(4,5)1(6)7/h4-7,9,12H,8,10-11H2,1-3H3,(H2,20,21);1-3,5-6,8-10,16H,4,7H2,(H2,15,17);3*(H,6,7). The molecular weight excluding hydrogens is 851 g/mol. The number of aromatic nitrogens is 2. The summed E-state index contributed by atoms with van der Waals surface area (Å²) < 4.78 is 101. The molecule has 0 fully saturated rings. The van der Waals surface area contributed by atoms with Crippen LogP contribution in [0.4, 0.5) is 55.9 Å². The van der Waals surface area contributed by atoms with E-state index in [2.05, 4.69) is 63.8 Å². The maximum absolute atomic E-state index is 12.1. The molecule has 0 aliphatic carbocycles. The van der Waals surface area contributed by atoms with E-state index in [4.69, 9.17) is 45.9 Å². The van der Waals surface area contributed by atoms with Crippen LogP contribution in [0.3, 0.4) is 0 Å². The fraction of sp³-hybridized carbons (Fsp3) is 0.333. The Balaban J connectivity index is 0.000000301. The van der Waals surface area contributed by atoms with Gasteiger partial charge in [0, 0.05) is 48.7 Å². The number of pyridine rings is 2. The molecule has 338 valence electrons. The number of carbonyl (C=O) groups excluding carboxylic acids is 1. The Morgan fingerprint density at radius 2 is 1.21 bits per heavy atom. The first-order valence-corrected chi connectivity index (χ1v) is 17.8. The number of nitrogens with zero attached hydrogens (tertiary/aromatic N) is 3. The van der Waals surface area contributed by atoms with E-state index in [0.29, 0.717) is 30.6 Å². The number of ether oxygens (including phenoxy) is 1. The van der Waals surface area contributed by atoms with Gasteiger partial charge in [-0.1, -0.05) is 36.4 Å². The van der Waals surface area contributed by atoms with Crippen molar-refractivity contribution in [2.75, 3.05) is 31.1 Å². The number of carboxylic acids is 3. The molecule has 2 aromatic heterocycles. The van der Waals surface area contributed by atoms with E-state index in [-0.39, 0.29) is 6.09 Å². The molecule has 14 nitrogen and oxygen atoms in total. The van der Waals surface area contributed by atoms with Crippen molar-refractivity contribution in [1.82, 2.24) is 20.2 Å². The molecule has 0 saturated heterocycles. The molecule has 1 atom stereocenters. The largest absolute Gasteiger partial charge is 0.490 e. The molecule has 2 aliphatic heterocycles. The van der Waals surface area contributed by atoms with Gasteiger partial charge in [0.05, 0.1) is 0 Å². The summed E-state index contributed by atoms with van der Waals surface area (Å²) in [4.78, 5) is 48.8. The van der Waals surface area contributed by atoms with Crippen molar-refractivity contribution < 1.29 is 78.7 Å². The third-order valence-electron chi connectivity index (χ3n) is 8.05. The molecule has 8 N–H and O–H groups in total. The number of hydrogen-bond acceptors (Lipinski definition) is 10. The summed E-state index contributed by atoms with van der Waals surface area (Å²) in [5.74, 6) is -6.63. The van der Waals surface area contributed by atoms with E-state index in [1.165, 1.54) is 11.1 Å². The molecule has 0 spiro atoms. The number of rotatable bonds is 2. The highest BCUT2D eigenvalue weighted by molar-refractivity contribution is 5.93. The van der Waals surface area contributed by atoms with Gasteiger partial charge in [-0.25, -0.2) is 29.1 Å². The van der Waals surface area contributed by atoms with E-state index in [1.807, 2.05) is 39.1 Å². The number of allylic oxidation sites excluding steroid dienone is 1. The lowest BCUT2D eigenvalue weighted by molar-refractivity contribution is -0.193. The molecule has 4 heterocycles. The van der Waals surface area contributed by atoms with E-state index in [1.54, 1.807) is 17.3 Å². The molecule has 2 aromatic carbocycles. The first kappa shape index (κ1) is 51.3. The van der Waals surface area contributed by atoms with Gasteiger partial charge in [-0.2, -0.15) is 39.5 Å². The van der Waals surface area contributed by atoms with Gasteiger partial charge in [-0.3, -0.25) is 0 Å². The minimum absolute atomic E-state index is 0.259. The average Bonchev–Trinajstić information content (AvgIpc) is 3.18. The average molecular weight is 893 g/mol. The van der Waals surface area contributed by atoms with Crippen LogP contribution in [0.5, 0.6) is 0 Å². The van der Waals surface area contributed by atoms with E-state index in [0.717, 1.165) is 46.5 Å². The fourth-order valence-corrected chi connectivity index (χ4v) is 5.13. The topological polar surface area (TPSA) is 231 Å². The lowest BCUT2D eigenvalue weighted by Gasteiger charge is -2.29. The van der Waals surface area contributed by atoms with Crippen LogP contribution in [0.15, 0.2) is 79.3 Å². The van der Waals surface area contributed by atoms with E-state index < -0.39 is 42.0 Å². The van der Waals surface area contributed by atoms with Gasteiger partial charge in [0.1, 0.15) is 17.2 Å². The molecule has 1 amide bonds. The number of hydrogen-bond donors (Lipinski definition) is 6. The number of fused-ring (bicyclic) bond motifs is 2. The van der Waals surface area contributed by atoms with Crippen molar-refractivity contribution in [2.45, 2.75) is 63.7 Å². The highest BCUT2D eigenvalue weighted by atomic mass is 19.4. The number of carbonyl (C=O) groups is 4. The zero-order valence-corrected chi connectivity index (χ0v) is 32.9. The minimum Gasteiger partial charge on any atom is -0.475 e. The zero-order chi connectivity index (χ0) is 47.2. The van der Waals surface area contributed by atoms with Crippen LogP contribution in [0.2, 0.25) is 0 Å². The number of nitrogen functional groups attached to an aromatic ring is 2. The fourth-order valence-electron chi connectivity index (χ4n) is 5.13. The molecule has 62 heavy (non-hydrogen) atoms. The van der Waals surface area contributed by atoms with Gasteiger partial charge in [0.25, 0.3) is 0 Å². The van der Waals surface area contributed by atoms with Crippen LogP contribution >= 0.6 is 0 Å². The molecule has 1 unspecified atom stereocenters. The quantitative estimate of drug-likeness (QED) is 0.105. The number of aliphatic carboxylic acids is 3. The first-order valence-electron chi connectivity index (χ1n) is 17.8. The van der Waals surface area contributed by atoms with Gasteiger partial charge in [-0.15, -0.1) is 0 Å². The van der Waals surface area contributed by atoms with Crippen molar-refractivity contribution >= 4 is 62.8 Å². The van der Waals surface area contributed by atoms with Gasteiger partial charge in [0.15, 0.2) is 0 Å². The van der Waals surface area contributed by atoms with Crippen LogP contribution in [0.1, 0.15) is 50.7 Å². The Bertz CT molecular complexity index is 2200. The molecule has 0 bridgehead atoms. The van der Waals surface area contributed by atoms with Crippen LogP contribution in [-0.2, 0) is 19.1 Å². The number of amides is 1. The molecule has 0 saturated carbocycles. The summed E-state index contributed by atoms with van der Waals surface area (Å²) in [6.45, 7) is 7.88. The van der Waals surface area contributed by atoms with Crippen molar-refractivity contribution in [2.24, 2.45) is 0 Å². The predicted octanol–water partition coefficient (Wildman–Crippen LogP) is 8.15. The molecular formula is C39H41F9N6O8. The highest BCUT2D eigenvalue weighted by Crippen LogP contribution is 2.30. The third kappa shape index (κ3) is 17.0. The van der Waals surface area contributed by atoms with Crippen LogP contribution < -0.4 is 16.8 Å². The number of alkyl halides is 9. The Labute approximate surface area is 346 Å². The summed E-state index contributed by atoms with van der Waals surface area (Å²) >= 11 is 0. The molecule has 23 heteroatoms. The smallest absolute Gasteiger partial charge is 0.475 e. The van der Waals surface area contributed by atoms with Crippen LogP contribution in [0, 0.1) is 0 Å². The number of benzene rings is 2. The monoisotopic (exact) mass is 892 g/mol. The van der Waals surface area contributed by atoms with Crippen LogP contribution in [0.25, 0.3) is 27.1 Å². The highest BCUT2D eigenvalue weighted by Gasteiger charge is 2.39. The normalized spacial score (nSPS) is 15.0. The lowest BCUT2D eigenvalue weighted by atomic mass is 9.92. The molecule has 2 aliphatic rings. The minimum atomic E-state index is -5.08. The van der Waals surface area contributed by atoms with E-state index >= 15 is 0 Å². The molecule has 0 radical (unpaired) electrons. The summed E-state index contributed by atoms with van der Waals surface area (Å²) in [5, 5.41) is 28.8. The summed E-state index contributed by atoms with van der Waals surface area (Å²) in [5.41, 5.74) is 15.1. The zero-order valence-electron chi connectivity index (χ0n) is 32.9. The van der Waals surface area contributed by atoms with Gasteiger partial charge < -0.3 is 41.7 Å². The predicted molar refractivity (Wildman–Crippen MR) is 208 cm³/mol. The van der Waals surface area contributed by atoms with Crippen molar-refractivity contribution in [3.8, 4) is 0 Å². The van der Waals surface area contributed by atoms with Gasteiger partial charge in [0.2, 0.25) is 0 Å². The lowest BCUT2D eigenvalue weighted by Crippen LogP contribution is -2.39. The number of carboxylic acid groups (broad SMARTS) is 3. The Morgan fingerprint density at radius 1 is 0.742 bits per heavy atom. The van der Waals surface area contributed by atoms with Crippen molar-refractivity contribution in [3.05, 3.63) is 90.4 Å². The number of nitrogens with two attached hydrogens (primary N) is 2.